The number of hydrogen-bond donors (Lipinski definition) is 0. The number of halogens is 2. The summed E-state index contributed by atoms with van der Waals surface area (Å²) in [6.45, 7) is 2.02. The van der Waals surface area contributed by atoms with Crippen LogP contribution in [0.1, 0.15) is 84.0 Å². The van der Waals surface area contributed by atoms with E-state index in [1.807, 2.05) is 0 Å². The molecule has 0 spiro atoms. The summed E-state index contributed by atoms with van der Waals surface area (Å²) in [6, 6.07) is 0. The average molecular weight is 480 g/mol. The van der Waals surface area contributed by atoms with Gasteiger partial charge in [-0.05, 0) is 75.5 Å². The molecule has 4 rings (SSSR count). The van der Waals surface area contributed by atoms with Crippen molar-refractivity contribution in [1.82, 2.24) is 0 Å². The first-order chi connectivity index (χ1) is 15.2. The molecule has 7 nitrogen and oxygen atoms in total. The van der Waals surface area contributed by atoms with Crippen molar-refractivity contribution in [1.29, 1.82) is 0 Å². The fraction of sp³-hybridized carbons (Fsp3) is 0.909. The van der Waals surface area contributed by atoms with Gasteiger partial charge in [0.25, 0.3) is 0 Å². The third kappa shape index (κ3) is 6.55. The zero-order valence-electron chi connectivity index (χ0n) is 18.5. The monoisotopic (exact) mass is 479 g/mol. The summed E-state index contributed by atoms with van der Waals surface area (Å²) < 4.78 is 40.3. The Morgan fingerprint density at radius 2 is 1.53 bits per heavy atom. The number of esters is 2. The van der Waals surface area contributed by atoms with Crippen LogP contribution < -0.4 is 5.26 Å². The summed E-state index contributed by atoms with van der Waals surface area (Å²) >= 11 is -0.697. The number of alkyl halides is 2. The molecule has 0 amide bonds. The summed E-state index contributed by atoms with van der Waals surface area (Å²) in [6.07, 6.45) is 11.3. The predicted octanol–water partition coefficient (Wildman–Crippen LogP) is 4.48. The highest BCUT2D eigenvalue weighted by Crippen LogP contribution is 2.59. The van der Waals surface area contributed by atoms with Crippen molar-refractivity contribution in [2.24, 2.45) is 23.7 Å². The summed E-state index contributed by atoms with van der Waals surface area (Å²) in [5, 5.41) is 8.35. The Kier molecular flexibility index (Phi) is 9.17. The Bertz CT molecular complexity index is 618. The number of unbranched alkanes of at least 4 members (excludes halogenated alkanes) is 5. The Balaban J connectivity index is 1.20. The van der Waals surface area contributed by atoms with Crippen molar-refractivity contribution in [3.05, 3.63) is 0 Å². The molecule has 4 fully saturated rings. The third-order valence-electron chi connectivity index (χ3n) is 7.51. The minimum absolute atomic E-state index is 0.0861. The summed E-state index contributed by atoms with van der Waals surface area (Å²) in [7, 11) is 0. The van der Waals surface area contributed by atoms with Gasteiger partial charge in [-0.2, -0.15) is 13.1 Å². The minimum atomic E-state index is -3.99. The topological polar surface area (TPSA) is 94.1 Å². The number of carbonyl (C=O) groups is 2. The van der Waals surface area contributed by atoms with E-state index in [0.29, 0.717) is 24.7 Å². The van der Waals surface area contributed by atoms with Crippen molar-refractivity contribution >= 4 is 24.0 Å². The van der Waals surface area contributed by atoms with E-state index in [0.717, 1.165) is 43.9 Å². The molecule has 4 aliphatic rings. The molecule has 32 heavy (non-hydrogen) atoms. The molecule has 0 aliphatic heterocycles. The lowest BCUT2D eigenvalue weighted by Crippen LogP contribution is -2.57. The predicted molar refractivity (Wildman–Crippen MR) is 110 cm³/mol. The fourth-order valence-corrected chi connectivity index (χ4v) is 6.24. The summed E-state index contributed by atoms with van der Waals surface area (Å²) in [5.41, 5.74) is -0.272. The molecule has 0 aromatic heterocycles. The Morgan fingerprint density at radius 1 is 0.969 bits per heavy atom. The average Bonchev–Trinajstić information content (AvgIpc) is 2.74. The molecule has 4 aliphatic carbocycles. The maximum atomic E-state index is 13.1. The van der Waals surface area contributed by atoms with Crippen LogP contribution >= 0.6 is 12.0 Å². The fourth-order valence-electron chi connectivity index (χ4n) is 6.00. The number of carbonyl (C=O) groups excluding carboxylic acids is 2. The third-order valence-corrected chi connectivity index (χ3v) is 8.01. The molecule has 184 valence electrons. The van der Waals surface area contributed by atoms with Crippen LogP contribution in [0.3, 0.4) is 0 Å². The molecule has 0 saturated heterocycles. The highest BCUT2D eigenvalue weighted by Gasteiger charge is 2.56. The SMILES string of the molecule is CC1(OC(=O)CCCCCCCCOC(=O)C(F)(F)SOO[O-])C2CC3CC(C2)CC1C3. The van der Waals surface area contributed by atoms with Crippen molar-refractivity contribution in [3.8, 4) is 0 Å². The van der Waals surface area contributed by atoms with Crippen molar-refractivity contribution in [3.63, 3.8) is 0 Å². The van der Waals surface area contributed by atoms with Gasteiger partial charge in [0.05, 0.1) is 6.61 Å². The second-order valence-corrected chi connectivity index (χ2v) is 10.5. The van der Waals surface area contributed by atoms with Gasteiger partial charge in [0.2, 0.25) is 0 Å². The van der Waals surface area contributed by atoms with Gasteiger partial charge >= 0.3 is 17.2 Å². The van der Waals surface area contributed by atoms with E-state index in [9.17, 15) is 23.6 Å². The highest BCUT2D eigenvalue weighted by molar-refractivity contribution is 7.96. The van der Waals surface area contributed by atoms with E-state index in [1.165, 1.54) is 32.1 Å². The molecular formula is C22H33F2O7S-. The van der Waals surface area contributed by atoms with Gasteiger partial charge in [-0.3, -0.25) is 9.83 Å². The van der Waals surface area contributed by atoms with Gasteiger partial charge in [-0.1, -0.05) is 25.7 Å². The van der Waals surface area contributed by atoms with Crippen molar-refractivity contribution in [2.75, 3.05) is 6.61 Å². The number of rotatable bonds is 14. The van der Waals surface area contributed by atoms with Crippen LogP contribution in [0.5, 0.6) is 0 Å². The van der Waals surface area contributed by atoms with Gasteiger partial charge in [0.15, 0.2) is 0 Å². The van der Waals surface area contributed by atoms with Crippen LogP contribution in [0, 0.1) is 23.7 Å². The van der Waals surface area contributed by atoms with E-state index < -0.39 is 23.3 Å². The van der Waals surface area contributed by atoms with Crippen molar-refractivity contribution < 1.29 is 42.5 Å². The van der Waals surface area contributed by atoms with E-state index in [4.69, 9.17) is 4.74 Å². The first-order valence-electron chi connectivity index (χ1n) is 11.7. The summed E-state index contributed by atoms with van der Waals surface area (Å²) in [5.74, 6) is 0.889. The van der Waals surface area contributed by atoms with Gasteiger partial charge in [0, 0.05) is 6.42 Å². The van der Waals surface area contributed by atoms with Crippen LogP contribution in [-0.2, 0) is 28.4 Å². The van der Waals surface area contributed by atoms with Crippen molar-refractivity contribution in [2.45, 2.75) is 94.8 Å². The Hall–Kier alpha value is -0.970. The van der Waals surface area contributed by atoms with Gasteiger partial charge in [-0.25, -0.2) is 4.79 Å². The van der Waals surface area contributed by atoms with Gasteiger partial charge in [0.1, 0.15) is 17.6 Å². The Labute approximate surface area is 191 Å². The zero-order valence-corrected chi connectivity index (χ0v) is 19.3. The lowest BCUT2D eigenvalue weighted by molar-refractivity contribution is -0.777. The molecule has 4 bridgehead atoms. The molecule has 4 saturated carbocycles. The van der Waals surface area contributed by atoms with E-state index in [1.54, 1.807) is 0 Å². The second kappa shape index (κ2) is 11.4. The van der Waals surface area contributed by atoms with Crippen LogP contribution in [0.25, 0.3) is 0 Å². The normalized spacial score (nSPS) is 31.0. The maximum absolute atomic E-state index is 13.1. The lowest BCUT2D eigenvalue weighted by Gasteiger charge is -2.59. The van der Waals surface area contributed by atoms with Crippen LogP contribution in [0.4, 0.5) is 8.78 Å². The van der Waals surface area contributed by atoms with Gasteiger partial charge in [-0.15, -0.1) is 0 Å². The van der Waals surface area contributed by atoms with E-state index >= 15 is 0 Å². The lowest BCUT2D eigenvalue weighted by atomic mass is 9.50. The first-order valence-corrected chi connectivity index (χ1v) is 12.4. The molecule has 0 radical (unpaired) electrons. The van der Waals surface area contributed by atoms with Crippen LogP contribution in [0.15, 0.2) is 0 Å². The van der Waals surface area contributed by atoms with E-state index in [-0.39, 0.29) is 18.2 Å². The molecule has 0 heterocycles. The quantitative estimate of drug-likeness (QED) is 0.118. The molecule has 0 atom stereocenters. The first kappa shape index (κ1) is 25.6. The van der Waals surface area contributed by atoms with Crippen LogP contribution in [0.2, 0.25) is 0 Å². The molecule has 0 aromatic carbocycles. The van der Waals surface area contributed by atoms with Crippen LogP contribution in [-0.4, -0.2) is 29.4 Å². The largest absolute Gasteiger partial charge is 0.691 e. The second-order valence-electron chi connectivity index (χ2n) is 9.71. The molecular weight excluding hydrogens is 446 g/mol. The molecule has 0 aromatic rings. The Morgan fingerprint density at radius 3 is 2.12 bits per heavy atom. The highest BCUT2D eigenvalue weighted by atomic mass is 32.2. The van der Waals surface area contributed by atoms with Gasteiger partial charge < -0.3 is 14.7 Å². The van der Waals surface area contributed by atoms with E-state index in [2.05, 4.69) is 21.0 Å². The maximum Gasteiger partial charge on any atom is 0.415 e. The molecule has 0 N–H and O–H groups in total. The molecule has 0 unspecified atom stereocenters. The standard InChI is InChI=1S/C22H34F2O7S/c1-21(17-11-15-10-16(13-17)14-18(21)12-15)29-19(25)8-6-4-2-3-5-7-9-28-20(26)22(23,24)32-31-30-27/h15-18,27H,2-14H2,1H3/p-1. The molecule has 10 heteroatoms. The number of ether oxygens (including phenoxy) is 2. The zero-order chi connectivity index (χ0) is 23.2. The summed E-state index contributed by atoms with van der Waals surface area (Å²) in [4.78, 5) is 23.6. The minimum Gasteiger partial charge on any atom is -0.691 e. The number of hydrogen-bond acceptors (Lipinski definition) is 8. The smallest absolute Gasteiger partial charge is 0.415 e.